The van der Waals surface area contributed by atoms with Crippen molar-refractivity contribution in [3.63, 3.8) is 0 Å². The van der Waals surface area contributed by atoms with Gasteiger partial charge in [0.25, 0.3) is 5.91 Å². The molecule has 0 heterocycles. The number of aliphatic carboxylic acids is 1. The number of carboxylic acids is 1. The van der Waals surface area contributed by atoms with Gasteiger partial charge in [-0.15, -0.1) is 0 Å². The highest BCUT2D eigenvalue weighted by atomic mass is 16.4. The highest BCUT2D eigenvalue weighted by Crippen LogP contribution is 2.58. The lowest BCUT2D eigenvalue weighted by atomic mass is 10.1. The number of nitrogens with one attached hydrogen (secondary N) is 1. The lowest BCUT2D eigenvalue weighted by Crippen LogP contribution is -2.26. The Kier molecular flexibility index (Phi) is 5.23. The van der Waals surface area contributed by atoms with E-state index in [1.807, 2.05) is 30.3 Å². The van der Waals surface area contributed by atoms with E-state index < -0.39 is 23.2 Å². The molecule has 1 saturated carbocycles. The van der Waals surface area contributed by atoms with Gasteiger partial charge in [0, 0.05) is 24.8 Å². The van der Waals surface area contributed by atoms with Crippen LogP contribution in [0.2, 0.25) is 0 Å². The maximum atomic E-state index is 12.6. The molecule has 3 rings (SSSR count). The van der Waals surface area contributed by atoms with Crippen LogP contribution in [0.25, 0.3) is 0 Å². The summed E-state index contributed by atoms with van der Waals surface area (Å²) in [4.78, 5) is 37.8. The first kappa shape index (κ1) is 19.6. The molecule has 0 spiro atoms. The molecule has 0 aromatic heterocycles. The van der Waals surface area contributed by atoms with E-state index in [9.17, 15) is 19.5 Å². The topological polar surface area (TPSA) is 86.7 Å². The zero-order valence-corrected chi connectivity index (χ0v) is 16.2. The maximum absolute atomic E-state index is 12.6. The SMILES string of the molecule is CN(Cc1ccccc1)C(=O)c1ccc(NC(=O)C2C(C(=O)O)C2(C)C)cc1. The van der Waals surface area contributed by atoms with Gasteiger partial charge in [-0.3, -0.25) is 14.4 Å². The van der Waals surface area contributed by atoms with Crippen molar-refractivity contribution in [1.82, 2.24) is 4.90 Å². The van der Waals surface area contributed by atoms with Gasteiger partial charge < -0.3 is 15.3 Å². The van der Waals surface area contributed by atoms with Crippen molar-refractivity contribution in [2.75, 3.05) is 12.4 Å². The predicted octanol–water partition coefficient (Wildman–Crippen LogP) is 3.25. The second kappa shape index (κ2) is 7.46. The average molecular weight is 380 g/mol. The Morgan fingerprint density at radius 3 is 2.14 bits per heavy atom. The summed E-state index contributed by atoms with van der Waals surface area (Å²) in [7, 11) is 1.74. The third-order valence-electron chi connectivity index (χ3n) is 5.38. The first-order valence-corrected chi connectivity index (χ1v) is 9.15. The smallest absolute Gasteiger partial charge is 0.307 e. The summed E-state index contributed by atoms with van der Waals surface area (Å²) >= 11 is 0. The fourth-order valence-electron chi connectivity index (χ4n) is 3.65. The number of benzene rings is 2. The normalized spacial score (nSPS) is 19.5. The van der Waals surface area contributed by atoms with Crippen LogP contribution in [-0.2, 0) is 16.1 Å². The van der Waals surface area contributed by atoms with Crippen LogP contribution in [0, 0.1) is 17.3 Å². The van der Waals surface area contributed by atoms with Crippen LogP contribution in [0.3, 0.4) is 0 Å². The zero-order chi connectivity index (χ0) is 20.5. The molecule has 2 amide bonds. The van der Waals surface area contributed by atoms with Crippen LogP contribution in [-0.4, -0.2) is 34.8 Å². The summed E-state index contributed by atoms with van der Waals surface area (Å²) in [6.07, 6.45) is 0. The lowest BCUT2D eigenvalue weighted by molar-refractivity contribution is -0.140. The molecule has 2 unspecified atom stereocenters. The molecule has 6 heteroatoms. The van der Waals surface area contributed by atoms with Gasteiger partial charge in [-0.25, -0.2) is 0 Å². The second-order valence-electron chi connectivity index (χ2n) is 7.83. The highest BCUT2D eigenvalue weighted by molar-refractivity contribution is 6.00. The minimum atomic E-state index is -0.951. The molecular weight excluding hydrogens is 356 g/mol. The number of anilines is 1. The molecule has 6 nitrogen and oxygen atoms in total. The molecular formula is C22H24N2O4. The van der Waals surface area contributed by atoms with E-state index in [1.54, 1.807) is 50.1 Å². The Labute approximate surface area is 164 Å². The van der Waals surface area contributed by atoms with Crippen molar-refractivity contribution < 1.29 is 19.5 Å². The molecule has 2 atom stereocenters. The van der Waals surface area contributed by atoms with E-state index in [4.69, 9.17) is 0 Å². The van der Waals surface area contributed by atoms with Crippen LogP contribution in [0.15, 0.2) is 54.6 Å². The van der Waals surface area contributed by atoms with E-state index in [0.717, 1.165) is 5.56 Å². The number of carboxylic acid groups (broad SMARTS) is 1. The van der Waals surface area contributed by atoms with Gasteiger partial charge in [-0.05, 0) is 35.2 Å². The zero-order valence-electron chi connectivity index (χ0n) is 16.2. The van der Waals surface area contributed by atoms with Gasteiger partial charge in [0.2, 0.25) is 5.91 Å². The van der Waals surface area contributed by atoms with Crippen LogP contribution in [0.5, 0.6) is 0 Å². The van der Waals surface area contributed by atoms with Crippen LogP contribution >= 0.6 is 0 Å². The number of carbonyl (C=O) groups excluding carboxylic acids is 2. The quantitative estimate of drug-likeness (QED) is 0.805. The number of hydrogen-bond acceptors (Lipinski definition) is 3. The molecule has 2 aromatic rings. The van der Waals surface area contributed by atoms with Gasteiger partial charge in [0.05, 0.1) is 11.8 Å². The van der Waals surface area contributed by atoms with Gasteiger partial charge >= 0.3 is 5.97 Å². The third-order valence-corrected chi connectivity index (χ3v) is 5.38. The van der Waals surface area contributed by atoms with Crippen LogP contribution in [0.4, 0.5) is 5.69 Å². The Morgan fingerprint density at radius 1 is 1.00 bits per heavy atom. The van der Waals surface area contributed by atoms with Crippen molar-refractivity contribution in [3.05, 3.63) is 65.7 Å². The van der Waals surface area contributed by atoms with Crippen LogP contribution < -0.4 is 5.32 Å². The number of carbonyl (C=O) groups is 3. The van der Waals surface area contributed by atoms with E-state index in [2.05, 4.69) is 5.32 Å². The second-order valence-corrected chi connectivity index (χ2v) is 7.83. The largest absolute Gasteiger partial charge is 0.481 e. The number of amides is 2. The molecule has 2 N–H and O–H groups in total. The molecule has 0 saturated heterocycles. The van der Waals surface area contributed by atoms with Crippen molar-refractivity contribution in [1.29, 1.82) is 0 Å². The summed E-state index contributed by atoms with van der Waals surface area (Å²) in [5.41, 5.74) is 1.55. The number of nitrogens with zero attached hydrogens (tertiary/aromatic N) is 1. The van der Waals surface area contributed by atoms with Gasteiger partial charge in [-0.1, -0.05) is 44.2 Å². The monoisotopic (exact) mass is 380 g/mol. The van der Waals surface area contributed by atoms with Gasteiger partial charge in [0.1, 0.15) is 0 Å². The molecule has 0 radical (unpaired) electrons. The van der Waals surface area contributed by atoms with Gasteiger partial charge in [-0.2, -0.15) is 0 Å². The Balaban J connectivity index is 1.61. The fraction of sp³-hybridized carbons (Fsp3) is 0.318. The standard InChI is InChI=1S/C22H24N2O4/c1-22(2)17(18(22)21(27)28)19(25)23-16-11-9-15(10-12-16)20(26)24(3)13-14-7-5-4-6-8-14/h4-12,17-18H,13H2,1-3H3,(H,23,25)(H,27,28). The van der Waals surface area contributed by atoms with Crippen molar-refractivity contribution >= 4 is 23.5 Å². The Bertz CT molecular complexity index is 891. The molecule has 1 aliphatic carbocycles. The summed E-state index contributed by atoms with van der Waals surface area (Å²) in [6, 6.07) is 16.4. The average Bonchev–Trinajstić information content (AvgIpc) is 3.25. The van der Waals surface area contributed by atoms with Crippen molar-refractivity contribution in [2.45, 2.75) is 20.4 Å². The van der Waals surface area contributed by atoms with E-state index >= 15 is 0 Å². The van der Waals surface area contributed by atoms with Crippen molar-refractivity contribution in [3.8, 4) is 0 Å². The summed E-state index contributed by atoms with van der Waals surface area (Å²) in [6.45, 7) is 4.06. The Morgan fingerprint density at radius 2 is 1.61 bits per heavy atom. The summed E-state index contributed by atoms with van der Waals surface area (Å²) in [5.74, 6) is -2.59. The molecule has 1 aliphatic rings. The first-order chi connectivity index (χ1) is 13.2. The number of hydrogen-bond donors (Lipinski definition) is 2. The lowest BCUT2D eigenvalue weighted by Gasteiger charge is -2.17. The Hall–Kier alpha value is -3.15. The van der Waals surface area contributed by atoms with Crippen LogP contribution in [0.1, 0.15) is 29.8 Å². The number of rotatable bonds is 6. The summed E-state index contributed by atoms with van der Waals surface area (Å²) < 4.78 is 0. The predicted molar refractivity (Wildman–Crippen MR) is 106 cm³/mol. The molecule has 0 bridgehead atoms. The minimum absolute atomic E-state index is 0.115. The van der Waals surface area contributed by atoms with E-state index in [0.29, 0.717) is 17.8 Å². The highest BCUT2D eigenvalue weighted by Gasteiger charge is 2.65. The molecule has 0 aliphatic heterocycles. The molecule has 28 heavy (non-hydrogen) atoms. The first-order valence-electron chi connectivity index (χ1n) is 9.15. The van der Waals surface area contributed by atoms with E-state index in [1.165, 1.54) is 0 Å². The molecule has 146 valence electrons. The fourth-order valence-corrected chi connectivity index (χ4v) is 3.65. The maximum Gasteiger partial charge on any atom is 0.307 e. The van der Waals surface area contributed by atoms with Crippen molar-refractivity contribution in [2.24, 2.45) is 17.3 Å². The minimum Gasteiger partial charge on any atom is -0.481 e. The summed E-state index contributed by atoms with van der Waals surface area (Å²) in [5, 5.41) is 12.0. The molecule has 2 aromatic carbocycles. The van der Waals surface area contributed by atoms with Gasteiger partial charge in [0.15, 0.2) is 0 Å². The molecule has 1 fully saturated rings. The third kappa shape index (κ3) is 3.91. The van der Waals surface area contributed by atoms with E-state index in [-0.39, 0.29) is 11.8 Å².